The molecule has 1 N–H and O–H groups in total. The summed E-state index contributed by atoms with van der Waals surface area (Å²) in [5, 5.41) is 9.01. The van der Waals surface area contributed by atoms with Crippen LogP contribution in [0.1, 0.15) is 26.7 Å². The van der Waals surface area contributed by atoms with E-state index in [9.17, 15) is 4.79 Å². The van der Waals surface area contributed by atoms with Crippen LogP contribution in [0.2, 0.25) is 0 Å². The fourth-order valence-corrected chi connectivity index (χ4v) is 2.25. The Hall–Kier alpha value is -0.610. The van der Waals surface area contributed by atoms with Gasteiger partial charge in [0.15, 0.2) is 6.10 Å². The van der Waals surface area contributed by atoms with E-state index in [0.29, 0.717) is 6.04 Å². The number of carboxylic acids is 1. The minimum absolute atomic E-state index is 0.128. The summed E-state index contributed by atoms with van der Waals surface area (Å²) in [5.74, 6) is -0.711. The average molecular weight is 215 g/mol. The zero-order valence-electron chi connectivity index (χ0n) is 9.77. The lowest BCUT2D eigenvalue weighted by Gasteiger charge is -2.37. The second-order valence-electron chi connectivity index (χ2n) is 4.49. The first-order valence-electron chi connectivity index (χ1n) is 5.56. The third kappa shape index (κ3) is 3.18. The van der Waals surface area contributed by atoms with Gasteiger partial charge >= 0.3 is 5.97 Å². The van der Waals surface area contributed by atoms with Crippen molar-refractivity contribution < 1.29 is 14.6 Å². The maximum absolute atomic E-state index is 11.0. The van der Waals surface area contributed by atoms with Crippen molar-refractivity contribution in [3.05, 3.63) is 0 Å². The number of rotatable bonds is 4. The lowest BCUT2D eigenvalue weighted by atomic mass is 9.91. The number of aliphatic carboxylic acids is 1. The number of hydrogen-bond donors (Lipinski definition) is 1. The molecule has 2 atom stereocenters. The molecule has 0 spiro atoms. The SMILES string of the molecule is COC(C(=O)O)C1CCCN(C(C)C)C1. The van der Waals surface area contributed by atoms with Gasteiger partial charge in [0.25, 0.3) is 0 Å². The van der Waals surface area contributed by atoms with Crippen molar-refractivity contribution in [3.8, 4) is 0 Å². The molecule has 88 valence electrons. The highest BCUT2D eigenvalue weighted by Crippen LogP contribution is 2.23. The van der Waals surface area contributed by atoms with Gasteiger partial charge in [-0.05, 0) is 33.2 Å². The van der Waals surface area contributed by atoms with E-state index in [2.05, 4.69) is 18.7 Å². The van der Waals surface area contributed by atoms with Gasteiger partial charge in [0.2, 0.25) is 0 Å². The molecular formula is C11H21NO3. The highest BCUT2D eigenvalue weighted by Gasteiger charge is 2.32. The van der Waals surface area contributed by atoms with Crippen molar-refractivity contribution in [1.82, 2.24) is 4.90 Å². The van der Waals surface area contributed by atoms with Crippen LogP contribution < -0.4 is 0 Å². The molecule has 4 heteroatoms. The van der Waals surface area contributed by atoms with Crippen molar-refractivity contribution in [2.24, 2.45) is 5.92 Å². The second-order valence-corrected chi connectivity index (χ2v) is 4.49. The number of hydrogen-bond acceptors (Lipinski definition) is 3. The number of ether oxygens (including phenoxy) is 1. The minimum Gasteiger partial charge on any atom is -0.479 e. The number of likely N-dealkylation sites (tertiary alicyclic amines) is 1. The number of methoxy groups -OCH3 is 1. The van der Waals surface area contributed by atoms with Gasteiger partial charge in [0.1, 0.15) is 0 Å². The molecule has 15 heavy (non-hydrogen) atoms. The van der Waals surface area contributed by atoms with E-state index in [-0.39, 0.29) is 5.92 Å². The zero-order valence-corrected chi connectivity index (χ0v) is 9.77. The van der Waals surface area contributed by atoms with Crippen LogP contribution in [-0.2, 0) is 9.53 Å². The van der Waals surface area contributed by atoms with E-state index in [0.717, 1.165) is 25.9 Å². The normalized spacial score (nSPS) is 25.5. The average Bonchev–Trinajstić information content (AvgIpc) is 2.18. The molecule has 2 unspecified atom stereocenters. The van der Waals surface area contributed by atoms with Crippen molar-refractivity contribution in [3.63, 3.8) is 0 Å². The zero-order chi connectivity index (χ0) is 11.4. The quantitative estimate of drug-likeness (QED) is 0.765. The van der Waals surface area contributed by atoms with Gasteiger partial charge in [-0.2, -0.15) is 0 Å². The van der Waals surface area contributed by atoms with Gasteiger partial charge in [0.05, 0.1) is 0 Å². The second kappa shape index (κ2) is 5.47. The molecule has 0 bridgehead atoms. The van der Waals surface area contributed by atoms with Crippen molar-refractivity contribution in [1.29, 1.82) is 0 Å². The Bertz CT molecular complexity index is 218. The Morgan fingerprint density at radius 1 is 1.53 bits per heavy atom. The fourth-order valence-electron chi connectivity index (χ4n) is 2.25. The number of carbonyl (C=O) groups is 1. The summed E-state index contributed by atoms with van der Waals surface area (Å²) in [6.45, 7) is 6.20. The molecule has 1 rings (SSSR count). The molecule has 0 radical (unpaired) electrons. The Kier molecular flexibility index (Phi) is 4.54. The van der Waals surface area contributed by atoms with Crippen LogP contribution in [0, 0.1) is 5.92 Å². The summed E-state index contributed by atoms with van der Waals surface area (Å²) in [6.07, 6.45) is 1.37. The summed E-state index contributed by atoms with van der Waals surface area (Å²) >= 11 is 0. The largest absolute Gasteiger partial charge is 0.479 e. The molecule has 1 aliphatic heterocycles. The van der Waals surface area contributed by atoms with Crippen molar-refractivity contribution >= 4 is 5.97 Å². The van der Waals surface area contributed by atoms with Gasteiger partial charge < -0.3 is 14.7 Å². The summed E-state index contributed by atoms with van der Waals surface area (Å²) in [4.78, 5) is 13.3. The van der Waals surface area contributed by atoms with Crippen LogP contribution in [0.5, 0.6) is 0 Å². The summed E-state index contributed by atoms with van der Waals surface area (Å²) in [6, 6.07) is 0.485. The summed E-state index contributed by atoms with van der Waals surface area (Å²) in [7, 11) is 1.48. The van der Waals surface area contributed by atoms with Crippen molar-refractivity contribution in [2.75, 3.05) is 20.2 Å². The van der Waals surface area contributed by atoms with E-state index in [4.69, 9.17) is 9.84 Å². The molecule has 1 saturated heterocycles. The molecule has 0 aromatic rings. The van der Waals surface area contributed by atoms with Gasteiger partial charge in [-0.25, -0.2) is 4.79 Å². The molecule has 0 amide bonds. The smallest absolute Gasteiger partial charge is 0.333 e. The Morgan fingerprint density at radius 3 is 2.67 bits per heavy atom. The first-order chi connectivity index (χ1) is 7.06. The van der Waals surface area contributed by atoms with E-state index >= 15 is 0 Å². The van der Waals surface area contributed by atoms with Crippen LogP contribution in [0.4, 0.5) is 0 Å². The third-order valence-electron chi connectivity index (χ3n) is 3.15. The number of carboxylic acid groups (broad SMARTS) is 1. The van der Waals surface area contributed by atoms with Crippen LogP contribution >= 0.6 is 0 Å². The first kappa shape index (κ1) is 12.5. The topological polar surface area (TPSA) is 49.8 Å². The van der Waals surface area contributed by atoms with E-state index in [1.54, 1.807) is 0 Å². The highest BCUT2D eigenvalue weighted by atomic mass is 16.5. The monoisotopic (exact) mass is 215 g/mol. The lowest BCUT2D eigenvalue weighted by molar-refractivity contribution is -0.153. The maximum Gasteiger partial charge on any atom is 0.333 e. The molecule has 0 aromatic heterocycles. The van der Waals surface area contributed by atoms with Crippen LogP contribution in [-0.4, -0.2) is 48.3 Å². The molecule has 0 aromatic carbocycles. The van der Waals surface area contributed by atoms with E-state index in [1.807, 2.05) is 0 Å². The van der Waals surface area contributed by atoms with Crippen LogP contribution in [0.15, 0.2) is 0 Å². The predicted molar refractivity (Wildman–Crippen MR) is 57.9 cm³/mol. The predicted octanol–water partition coefficient (Wildman–Crippen LogP) is 1.21. The summed E-state index contributed by atoms with van der Waals surface area (Å²) in [5.41, 5.74) is 0. The standard InChI is InChI=1S/C11H21NO3/c1-8(2)12-6-4-5-9(7-12)10(15-3)11(13)14/h8-10H,4-7H2,1-3H3,(H,13,14). The van der Waals surface area contributed by atoms with E-state index < -0.39 is 12.1 Å². The van der Waals surface area contributed by atoms with Crippen LogP contribution in [0.3, 0.4) is 0 Å². The van der Waals surface area contributed by atoms with E-state index in [1.165, 1.54) is 7.11 Å². The van der Waals surface area contributed by atoms with Crippen molar-refractivity contribution in [2.45, 2.75) is 38.8 Å². The van der Waals surface area contributed by atoms with Crippen LogP contribution in [0.25, 0.3) is 0 Å². The third-order valence-corrected chi connectivity index (χ3v) is 3.15. The molecule has 1 heterocycles. The molecule has 0 saturated carbocycles. The number of nitrogens with zero attached hydrogens (tertiary/aromatic N) is 1. The van der Waals surface area contributed by atoms with Gasteiger partial charge in [-0.15, -0.1) is 0 Å². The van der Waals surface area contributed by atoms with Gasteiger partial charge in [-0.1, -0.05) is 0 Å². The summed E-state index contributed by atoms with van der Waals surface area (Å²) < 4.78 is 5.05. The molecule has 1 fully saturated rings. The Morgan fingerprint density at radius 2 is 2.20 bits per heavy atom. The Labute approximate surface area is 91.2 Å². The molecule has 0 aliphatic carbocycles. The maximum atomic E-state index is 11.0. The van der Waals surface area contributed by atoms with Gasteiger partial charge in [0, 0.05) is 25.6 Å². The fraction of sp³-hybridized carbons (Fsp3) is 0.909. The number of piperidine rings is 1. The van der Waals surface area contributed by atoms with Gasteiger partial charge in [-0.3, -0.25) is 0 Å². The Balaban J connectivity index is 2.58. The first-order valence-corrected chi connectivity index (χ1v) is 5.56. The molecule has 1 aliphatic rings. The molecule has 4 nitrogen and oxygen atoms in total. The highest BCUT2D eigenvalue weighted by molar-refractivity contribution is 5.72. The molecular weight excluding hydrogens is 194 g/mol. The lowest BCUT2D eigenvalue weighted by Crippen LogP contribution is -2.46. The minimum atomic E-state index is -0.840.